The van der Waals surface area contributed by atoms with Gasteiger partial charge in [0.05, 0.1) is 15.9 Å². The number of hydrogen-bond acceptors (Lipinski definition) is 6. The number of fused-ring (bicyclic) bond motifs is 1. The van der Waals surface area contributed by atoms with E-state index in [0.29, 0.717) is 16.0 Å². The molecule has 0 atom stereocenters. The largest absolute Gasteiger partial charge is 0.296 e. The Labute approximate surface area is 157 Å². The van der Waals surface area contributed by atoms with E-state index in [1.54, 1.807) is 22.9 Å². The van der Waals surface area contributed by atoms with Gasteiger partial charge in [-0.2, -0.15) is 5.10 Å². The lowest BCUT2D eigenvalue weighted by molar-refractivity contribution is 0.102. The Morgan fingerprint density at radius 2 is 2.00 bits per heavy atom. The van der Waals surface area contributed by atoms with Gasteiger partial charge in [0.15, 0.2) is 16.6 Å². The molecular weight excluding hydrogens is 372 g/mol. The first-order chi connectivity index (χ1) is 12.5. The van der Waals surface area contributed by atoms with Crippen LogP contribution in [0.3, 0.4) is 0 Å². The molecule has 7 nitrogen and oxygen atoms in total. The normalized spacial score (nSPS) is 11.0. The van der Waals surface area contributed by atoms with E-state index >= 15 is 0 Å². The van der Waals surface area contributed by atoms with Crippen LogP contribution in [-0.2, 0) is 0 Å². The number of benzene rings is 1. The van der Waals surface area contributed by atoms with Crippen LogP contribution in [0.25, 0.3) is 16.0 Å². The number of hydrogen-bond donors (Lipinski definition) is 1. The molecule has 0 unspecified atom stereocenters. The zero-order valence-corrected chi connectivity index (χ0v) is 15.5. The van der Waals surface area contributed by atoms with E-state index in [9.17, 15) is 4.79 Å². The molecule has 3 aromatic heterocycles. The molecule has 26 heavy (non-hydrogen) atoms. The molecule has 0 bridgehead atoms. The summed E-state index contributed by atoms with van der Waals surface area (Å²) in [5.74, 6) is 0.185. The molecule has 0 radical (unpaired) electrons. The van der Waals surface area contributed by atoms with Gasteiger partial charge in [-0.15, -0.1) is 10.2 Å². The molecule has 4 aromatic rings. The molecule has 3 heterocycles. The molecule has 0 fully saturated rings. The maximum Gasteiger partial charge on any atom is 0.277 e. The Morgan fingerprint density at radius 1 is 1.15 bits per heavy atom. The Morgan fingerprint density at radius 3 is 2.69 bits per heavy atom. The fourth-order valence-corrected chi connectivity index (χ4v) is 3.67. The highest BCUT2D eigenvalue weighted by Gasteiger charge is 2.13. The average Bonchev–Trinajstić information content (AvgIpc) is 3.16. The summed E-state index contributed by atoms with van der Waals surface area (Å²) in [4.78, 5) is 16.7. The van der Waals surface area contributed by atoms with Crippen LogP contribution in [0.2, 0.25) is 5.02 Å². The van der Waals surface area contributed by atoms with Gasteiger partial charge in [0.25, 0.3) is 5.91 Å². The first-order valence-corrected chi connectivity index (χ1v) is 8.94. The number of nitrogens with zero attached hydrogens (tertiary/aromatic N) is 5. The Hall–Kier alpha value is -2.84. The number of carbonyl (C=O) groups is 1. The van der Waals surface area contributed by atoms with Crippen molar-refractivity contribution in [2.45, 2.75) is 13.8 Å². The number of thiazole rings is 1. The van der Waals surface area contributed by atoms with Crippen LogP contribution in [0, 0.1) is 13.8 Å². The van der Waals surface area contributed by atoms with Crippen molar-refractivity contribution in [3.8, 4) is 5.82 Å². The van der Waals surface area contributed by atoms with Gasteiger partial charge in [-0.3, -0.25) is 10.1 Å². The summed E-state index contributed by atoms with van der Waals surface area (Å²) in [5.41, 5.74) is 2.82. The third kappa shape index (κ3) is 3.16. The lowest BCUT2D eigenvalue weighted by atomic mass is 10.3. The van der Waals surface area contributed by atoms with Crippen molar-refractivity contribution in [3.05, 3.63) is 58.5 Å². The minimum atomic E-state index is -0.373. The molecular formula is C17H13ClN6OS. The number of amides is 1. The zero-order chi connectivity index (χ0) is 18.3. The molecule has 4 rings (SSSR count). The van der Waals surface area contributed by atoms with Crippen molar-refractivity contribution in [2.75, 3.05) is 5.32 Å². The molecule has 130 valence electrons. The lowest BCUT2D eigenvalue weighted by Crippen LogP contribution is -2.15. The van der Waals surface area contributed by atoms with Crippen molar-refractivity contribution in [1.82, 2.24) is 25.0 Å². The lowest BCUT2D eigenvalue weighted by Gasteiger charge is -2.04. The quantitative estimate of drug-likeness (QED) is 0.580. The number of aromatic nitrogens is 5. The summed E-state index contributed by atoms with van der Waals surface area (Å²) in [7, 11) is 0. The number of nitrogens with one attached hydrogen (secondary N) is 1. The molecule has 1 amide bonds. The van der Waals surface area contributed by atoms with Gasteiger partial charge < -0.3 is 0 Å². The second-order valence-electron chi connectivity index (χ2n) is 5.70. The molecule has 0 saturated carbocycles. The number of anilines is 1. The maximum absolute atomic E-state index is 12.4. The highest BCUT2D eigenvalue weighted by Crippen LogP contribution is 2.28. The van der Waals surface area contributed by atoms with E-state index in [0.717, 1.165) is 21.6 Å². The first-order valence-electron chi connectivity index (χ1n) is 7.74. The fourth-order valence-electron chi connectivity index (χ4n) is 2.53. The number of halogens is 1. The number of rotatable bonds is 3. The number of carbonyl (C=O) groups excluding carboxylic acids is 1. The molecule has 1 N–H and O–H groups in total. The SMILES string of the molecule is Cc1cc(C)n(-c2ccc(C(=O)Nc3nc4ccc(Cl)cc4s3)nn2)n1. The van der Waals surface area contributed by atoms with Crippen molar-refractivity contribution in [3.63, 3.8) is 0 Å². The molecule has 0 spiro atoms. The van der Waals surface area contributed by atoms with Crippen molar-refractivity contribution in [2.24, 2.45) is 0 Å². The summed E-state index contributed by atoms with van der Waals surface area (Å²) < 4.78 is 2.58. The van der Waals surface area contributed by atoms with E-state index in [-0.39, 0.29) is 11.6 Å². The average molecular weight is 385 g/mol. The highest BCUT2D eigenvalue weighted by molar-refractivity contribution is 7.22. The molecule has 1 aromatic carbocycles. The van der Waals surface area contributed by atoms with Gasteiger partial charge in [-0.1, -0.05) is 22.9 Å². The van der Waals surface area contributed by atoms with Crippen molar-refractivity contribution < 1.29 is 4.79 Å². The van der Waals surface area contributed by atoms with Crippen LogP contribution in [-0.4, -0.2) is 30.9 Å². The van der Waals surface area contributed by atoms with Crippen LogP contribution in [0.4, 0.5) is 5.13 Å². The second-order valence-corrected chi connectivity index (χ2v) is 7.17. The van der Waals surface area contributed by atoms with Gasteiger partial charge in [0.2, 0.25) is 0 Å². The summed E-state index contributed by atoms with van der Waals surface area (Å²) in [5, 5.41) is 16.3. The Bertz CT molecular complexity index is 1120. The summed E-state index contributed by atoms with van der Waals surface area (Å²) in [6, 6.07) is 10.7. The standard InChI is InChI=1S/C17H13ClN6OS/c1-9-7-10(2)24(23-9)15-6-5-13(21-22-15)16(25)20-17-19-12-4-3-11(18)8-14(12)26-17/h3-8H,1-2H3,(H,19,20,25). The van der Waals surface area contributed by atoms with Crippen LogP contribution in [0.15, 0.2) is 36.4 Å². The third-order valence-electron chi connectivity index (χ3n) is 3.68. The van der Waals surface area contributed by atoms with Crippen LogP contribution in [0.5, 0.6) is 0 Å². The van der Waals surface area contributed by atoms with Gasteiger partial charge >= 0.3 is 0 Å². The molecule has 0 aliphatic carbocycles. The minimum absolute atomic E-state index is 0.201. The van der Waals surface area contributed by atoms with E-state index in [2.05, 4.69) is 25.6 Å². The first kappa shape index (κ1) is 16.6. The van der Waals surface area contributed by atoms with E-state index in [1.165, 1.54) is 11.3 Å². The fraction of sp³-hybridized carbons (Fsp3) is 0.118. The Kier molecular flexibility index (Phi) is 4.14. The van der Waals surface area contributed by atoms with Crippen LogP contribution in [0.1, 0.15) is 21.9 Å². The van der Waals surface area contributed by atoms with Crippen molar-refractivity contribution >= 4 is 44.2 Å². The van der Waals surface area contributed by atoms with E-state index in [1.807, 2.05) is 32.0 Å². The molecule has 9 heteroatoms. The zero-order valence-electron chi connectivity index (χ0n) is 13.9. The second kappa shape index (κ2) is 6.47. The monoisotopic (exact) mass is 384 g/mol. The topological polar surface area (TPSA) is 85.6 Å². The van der Waals surface area contributed by atoms with Crippen LogP contribution >= 0.6 is 22.9 Å². The molecule has 0 aliphatic rings. The summed E-state index contributed by atoms with van der Waals surface area (Å²) in [6.45, 7) is 3.84. The Balaban J connectivity index is 1.55. The van der Waals surface area contributed by atoms with Gasteiger partial charge in [0.1, 0.15) is 0 Å². The van der Waals surface area contributed by atoms with E-state index in [4.69, 9.17) is 11.6 Å². The van der Waals surface area contributed by atoms with Crippen molar-refractivity contribution in [1.29, 1.82) is 0 Å². The number of aryl methyl sites for hydroxylation is 2. The maximum atomic E-state index is 12.4. The van der Waals surface area contributed by atoms with E-state index < -0.39 is 0 Å². The highest BCUT2D eigenvalue weighted by atomic mass is 35.5. The smallest absolute Gasteiger partial charge is 0.277 e. The predicted molar refractivity (Wildman–Crippen MR) is 101 cm³/mol. The molecule has 0 aliphatic heterocycles. The summed E-state index contributed by atoms with van der Waals surface area (Å²) >= 11 is 7.32. The van der Waals surface area contributed by atoms with Gasteiger partial charge in [-0.25, -0.2) is 9.67 Å². The molecule has 0 saturated heterocycles. The third-order valence-corrected chi connectivity index (χ3v) is 4.85. The predicted octanol–water partition coefficient (Wildman–Crippen LogP) is 3.79. The van der Waals surface area contributed by atoms with Crippen LogP contribution < -0.4 is 5.32 Å². The van der Waals surface area contributed by atoms with Gasteiger partial charge in [-0.05, 0) is 50.2 Å². The minimum Gasteiger partial charge on any atom is -0.296 e. The van der Waals surface area contributed by atoms with Gasteiger partial charge in [0, 0.05) is 10.7 Å². The summed E-state index contributed by atoms with van der Waals surface area (Å²) in [6.07, 6.45) is 0.